The van der Waals surface area contributed by atoms with Crippen molar-refractivity contribution in [3.63, 3.8) is 0 Å². The molecule has 330 valence electrons. The number of ether oxygens (including phenoxy) is 12. The van der Waals surface area contributed by atoms with Crippen LogP contribution in [-0.4, -0.2) is 198 Å². The number of benzene rings is 1. The standard InChI is InChI=1S/C36H58N4O18/c41-35-3-4-36(42)38(35)6-8-48-10-12-50-14-16-52-18-20-54-22-24-56-26-28-58-30-29-57-27-25-55-23-21-53-19-17-51-15-13-49-11-9-47-7-5-37-33-2-1-32(39(43)44)31-34(33)40(45)46/h1-4,31,37H,5-30H2. The van der Waals surface area contributed by atoms with Crippen LogP contribution in [0, 0.1) is 20.2 Å². The SMILES string of the molecule is O=C1C=CC(=O)N1CCOCCOCCOCCOCCOCCOCCOCCOCCOCCOCCOCCOCCNc1ccc([N+](=O)[O-])cc1[N+](=O)[O-]. The summed E-state index contributed by atoms with van der Waals surface area (Å²) in [5, 5.41) is 24.8. The summed E-state index contributed by atoms with van der Waals surface area (Å²) < 4.78 is 65.3. The zero-order chi connectivity index (χ0) is 41.7. The van der Waals surface area contributed by atoms with Gasteiger partial charge in [-0.15, -0.1) is 0 Å². The predicted octanol–water partition coefficient (Wildman–Crippen LogP) is 1.04. The Kier molecular flexibility index (Phi) is 30.6. The van der Waals surface area contributed by atoms with Crippen molar-refractivity contribution in [2.75, 3.05) is 177 Å². The van der Waals surface area contributed by atoms with Gasteiger partial charge in [0.1, 0.15) is 5.69 Å². The third kappa shape index (κ3) is 26.3. The molecular weight excluding hydrogens is 776 g/mol. The van der Waals surface area contributed by atoms with Crippen LogP contribution >= 0.6 is 0 Å². The summed E-state index contributed by atoms with van der Waals surface area (Å²) in [7, 11) is 0. The number of imide groups is 1. The molecule has 0 saturated heterocycles. The number of anilines is 1. The van der Waals surface area contributed by atoms with Crippen LogP contribution in [0.4, 0.5) is 17.1 Å². The largest absolute Gasteiger partial charge is 0.377 e. The zero-order valence-corrected chi connectivity index (χ0v) is 33.0. The Bertz CT molecular complexity index is 1280. The Morgan fingerprint density at radius 2 is 0.759 bits per heavy atom. The average molecular weight is 835 g/mol. The maximum absolute atomic E-state index is 11.4. The van der Waals surface area contributed by atoms with Crippen molar-refractivity contribution in [2.24, 2.45) is 0 Å². The van der Waals surface area contributed by atoms with Gasteiger partial charge in [-0.1, -0.05) is 0 Å². The maximum Gasteiger partial charge on any atom is 0.299 e. The minimum atomic E-state index is -0.685. The minimum Gasteiger partial charge on any atom is -0.377 e. The molecule has 1 aliphatic rings. The summed E-state index contributed by atoms with van der Waals surface area (Å²) >= 11 is 0. The molecule has 22 nitrogen and oxygen atoms in total. The number of nitro groups is 2. The molecule has 1 aromatic carbocycles. The molecule has 1 aliphatic heterocycles. The highest BCUT2D eigenvalue weighted by Crippen LogP contribution is 2.28. The molecule has 1 N–H and O–H groups in total. The number of amides is 2. The van der Waals surface area contributed by atoms with E-state index in [0.717, 1.165) is 11.0 Å². The van der Waals surface area contributed by atoms with Gasteiger partial charge in [0.15, 0.2) is 0 Å². The number of carbonyl (C=O) groups is 2. The average Bonchev–Trinajstić information content (AvgIpc) is 3.54. The molecule has 0 atom stereocenters. The van der Waals surface area contributed by atoms with Crippen LogP contribution in [0.1, 0.15) is 0 Å². The van der Waals surface area contributed by atoms with Gasteiger partial charge in [-0.25, -0.2) is 0 Å². The van der Waals surface area contributed by atoms with Gasteiger partial charge < -0.3 is 62.2 Å². The van der Waals surface area contributed by atoms with E-state index in [-0.39, 0.29) is 55.2 Å². The first-order chi connectivity index (χ1) is 28.4. The van der Waals surface area contributed by atoms with Crippen molar-refractivity contribution in [3.8, 4) is 0 Å². The van der Waals surface area contributed by atoms with E-state index in [2.05, 4.69) is 5.32 Å². The second kappa shape index (κ2) is 35.2. The van der Waals surface area contributed by atoms with Crippen molar-refractivity contribution in [3.05, 3.63) is 50.6 Å². The number of hydrogen-bond acceptors (Lipinski definition) is 19. The van der Waals surface area contributed by atoms with Crippen LogP contribution < -0.4 is 5.32 Å². The molecule has 0 aromatic heterocycles. The Labute approximate surface area is 337 Å². The van der Waals surface area contributed by atoms with Crippen molar-refractivity contribution in [1.29, 1.82) is 0 Å². The molecule has 2 rings (SSSR count). The first-order valence-corrected chi connectivity index (χ1v) is 19.0. The first kappa shape index (κ1) is 50.4. The monoisotopic (exact) mass is 834 g/mol. The van der Waals surface area contributed by atoms with E-state index in [4.69, 9.17) is 56.8 Å². The van der Waals surface area contributed by atoms with Crippen molar-refractivity contribution in [2.45, 2.75) is 0 Å². The number of nitrogens with one attached hydrogen (secondary N) is 1. The lowest BCUT2D eigenvalue weighted by molar-refractivity contribution is -0.393. The van der Waals surface area contributed by atoms with Gasteiger partial charge in [-0.2, -0.15) is 0 Å². The second-order valence-corrected chi connectivity index (χ2v) is 11.7. The van der Waals surface area contributed by atoms with Gasteiger partial charge >= 0.3 is 0 Å². The van der Waals surface area contributed by atoms with E-state index >= 15 is 0 Å². The fourth-order valence-electron chi connectivity index (χ4n) is 4.52. The normalized spacial score (nSPS) is 12.6. The smallest absolute Gasteiger partial charge is 0.299 e. The predicted molar refractivity (Wildman–Crippen MR) is 204 cm³/mol. The van der Waals surface area contributed by atoms with E-state index in [1.165, 1.54) is 24.3 Å². The maximum atomic E-state index is 11.4. The molecule has 0 spiro atoms. The molecule has 22 heteroatoms. The quantitative estimate of drug-likeness (QED) is 0.0418. The summed E-state index contributed by atoms with van der Waals surface area (Å²) in [5.41, 5.74) is -0.544. The lowest BCUT2D eigenvalue weighted by atomic mass is 10.2. The summed E-state index contributed by atoms with van der Waals surface area (Å²) in [6.07, 6.45) is 2.49. The van der Waals surface area contributed by atoms with Crippen LogP contribution in [0.5, 0.6) is 0 Å². The van der Waals surface area contributed by atoms with Gasteiger partial charge in [-0.05, 0) is 6.07 Å². The van der Waals surface area contributed by atoms with Gasteiger partial charge in [0.25, 0.3) is 23.2 Å². The van der Waals surface area contributed by atoms with E-state index < -0.39 is 9.85 Å². The van der Waals surface area contributed by atoms with E-state index in [1.54, 1.807) is 0 Å². The molecule has 0 bridgehead atoms. The molecule has 0 fully saturated rings. The second-order valence-electron chi connectivity index (χ2n) is 11.7. The van der Waals surface area contributed by atoms with Gasteiger partial charge in [-0.3, -0.25) is 34.7 Å². The minimum absolute atomic E-state index is 0.179. The summed E-state index contributed by atoms with van der Waals surface area (Å²) in [6, 6.07) is 3.41. The number of non-ortho nitro benzene ring substituents is 1. The van der Waals surface area contributed by atoms with E-state index in [9.17, 15) is 29.8 Å². The molecule has 1 heterocycles. The van der Waals surface area contributed by atoms with Crippen LogP contribution in [0.25, 0.3) is 0 Å². The highest BCUT2D eigenvalue weighted by Gasteiger charge is 2.22. The Morgan fingerprint density at radius 3 is 1.07 bits per heavy atom. The van der Waals surface area contributed by atoms with Gasteiger partial charge in [0.2, 0.25) is 0 Å². The molecule has 0 saturated carbocycles. The number of carbonyl (C=O) groups excluding carboxylic acids is 2. The van der Waals surface area contributed by atoms with Crippen LogP contribution in [0.15, 0.2) is 30.4 Å². The van der Waals surface area contributed by atoms with Crippen molar-refractivity contribution >= 4 is 28.9 Å². The topological polar surface area (TPSA) is 246 Å². The Balaban J connectivity index is 1.17. The Morgan fingerprint density at radius 1 is 0.448 bits per heavy atom. The number of nitro benzene ring substituents is 2. The fourth-order valence-corrected chi connectivity index (χ4v) is 4.52. The van der Waals surface area contributed by atoms with Crippen LogP contribution in [0.2, 0.25) is 0 Å². The molecule has 0 aliphatic carbocycles. The van der Waals surface area contributed by atoms with Crippen molar-refractivity contribution in [1.82, 2.24) is 4.90 Å². The number of hydrogen-bond donors (Lipinski definition) is 1. The third-order valence-electron chi connectivity index (χ3n) is 7.40. The van der Waals surface area contributed by atoms with Crippen molar-refractivity contribution < 1.29 is 76.3 Å². The number of nitrogens with zero attached hydrogens (tertiary/aromatic N) is 3. The number of rotatable bonds is 42. The molecule has 58 heavy (non-hydrogen) atoms. The fraction of sp³-hybridized carbons (Fsp3) is 0.722. The van der Waals surface area contributed by atoms with Gasteiger partial charge in [0.05, 0.1) is 181 Å². The van der Waals surface area contributed by atoms with Crippen LogP contribution in [0.3, 0.4) is 0 Å². The summed E-state index contributed by atoms with van der Waals surface area (Å²) in [5.74, 6) is -0.635. The zero-order valence-electron chi connectivity index (χ0n) is 33.0. The molecule has 2 amide bonds. The lowest BCUT2D eigenvalue weighted by Gasteiger charge is -2.13. The van der Waals surface area contributed by atoms with E-state index in [0.29, 0.717) is 145 Å². The third-order valence-corrected chi connectivity index (χ3v) is 7.40. The Hall–Kier alpha value is -3.78. The van der Waals surface area contributed by atoms with Gasteiger partial charge in [0, 0.05) is 24.8 Å². The molecule has 0 unspecified atom stereocenters. The molecular formula is C36H58N4O18. The molecule has 0 radical (unpaired) electrons. The highest BCUT2D eigenvalue weighted by atomic mass is 16.6. The summed E-state index contributed by atoms with van der Waals surface area (Å²) in [6.45, 7) is 10.4. The lowest BCUT2D eigenvalue weighted by Crippen LogP contribution is -2.33. The van der Waals surface area contributed by atoms with Crippen LogP contribution in [-0.2, 0) is 66.4 Å². The summed E-state index contributed by atoms with van der Waals surface area (Å²) in [4.78, 5) is 44.6. The molecule has 1 aromatic rings. The first-order valence-electron chi connectivity index (χ1n) is 19.0. The highest BCUT2D eigenvalue weighted by molar-refractivity contribution is 6.12. The van der Waals surface area contributed by atoms with E-state index in [1.807, 2.05) is 0 Å².